The van der Waals surface area contributed by atoms with Crippen LogP contribution in [0.2, 0.25) is 0 Å². The van der Waals surface area contributed by atoms with Crippen LogP contribution in [0.1, 0.15) is 36.9 Å². The summed E-state index contributed by atoms with van der Waals surface area (Å²) in [5, 5.41) is 12.1. The summed E-state index contributed by atoms with van der Waals surface area (Å²) in [6.45, 7) is 5.55. The molecule has 0 fully saturated rings. The Kier molecular flexibility index (Phi) is 5.37. The van der Waals surface area contributed by atoms with Crippen LogP contribution in [0.5, 0.6) is 0 Å². The summed E-state index contributed by atoms with van der Waals surface area (Å²) in [4.78, 5) is 0. The van der Waals surface area contributed by atoms with Crippen LogP contribution in [0.4, 0.5) is 0 Å². The van der Waals surface area contributed by atoms with Gasteiger partial charge in [0.2, 0.25) is 0 Å². The molecule has 1 rings (SSSR count). The maximum atomic E-state index is 8.66. The van der Waals surface area contributed by atoms with Gasteiger partial charge in [-0.15, -0.1) is 0 Å². The van der Waals surface area contributed by atoms with Gasteiger partial charge >= 0.3 is 0 Å². The van der Waals surface area contributed by atoms with Gasteiger partial charge < -0.3 is 10.4 Å². The second kappa shape index (κ2) is 6.59. The number of hydrogen-bond acceptors (Lipinski definition) is 2. The quantitative estimate of drug-likeness (QED) is 0.702. The van der Waals surface area contributed by atoms with E-state index in [0.29, 0.717) is 12.6 Å². The first-order valence-corrected chi connectivity index (χ1v) is 5.65. The average molecular weight is 207 g/mol. The lowest BCUT2D eigenvalue weighted by Crippen LogP contribution is -2.20. The summed E-state index contributed by atoms with van der Waals surface area (Å²) in [6, 6.07) is 8.96. The van der Waals surface area contributed by atoms with E-state index in [0.717, 1.165) is 19.4 Å². The molecule has 1 aromatic carbocycles. The predicted octanol–water partition coefficient (Wildman–Crippen LogP) is 2.42. The van der Waals surface area contributed by atoms with Gasteiger partial charge in [-0.1, -0.05) is 29.8 Å². The van der Waals surface area contributed by atoms with Crippen molar-refractivity contribution in [2.24, 2.45) is 0 Å². The Morgan fingerprint density at radius 3 is 2.80 bits per heavy atom. The van der Waals surface area contributed by atoms with Gasteiger partial charge in [-0.25, -0.2) is 0 Å². The number of benzene rings is 1. The van der Waals surface area contributed by atoms with Crippen molar-refractivity contribution in [1.82, 2.24) is 5.32 Å². The molecule has 0 bridgehead atoms. The zero-order chi connectivity index (χ0) is 11.1. The van der Waals surface area contributed by atoms with E-state index in [1.54, 1.807) is 0 Å². The lowest BCUT2D eigenvalue weighted by atomic mass is 10.1. The lowest BCUT2D eigenvalue weighted by molar-refractivity contribution is 0.283. The van der Waals surface area contributed by atoms with Crippen molar-refractivity contribution in [2.45, 2.75) is 32.7 Å². The minimum absolute atomic E-state index is 0.292. The number of unbranched alkanes of at least 4 members (excludes halogenated alkanes) is 1. The van der Waals surface area contributed by atoms with Crippen molar-refractivity contribution in [3.63, 3.8) is 0 Å². The largest absolute Gasteiger partial charge is 0.396 e. The van der Waals surface area contributed by atoms with Crippen LogP contribution >= 0.6 is 0 Å². The number of aliphatic hydroxyl groups excluding tert-OH is 1. The standard InChI is InChI=1S/C13H21NO/c1-11-6-5-7-13(10-11)12(2)14-8-3-4-9-15/h5-7,10,12,14-15H,3-4,8-9H2,1-2H3/t12-/m1/s1. The molecule has 1 atom stereocenters. The van der Waals surface area contributed by atoms with E-state index in [1.165, 1.54) is 11.1 Å². The molecule has 2 heteroatoms. The molecule has 2 nitrogen and oxygen atoms in total. The minimum atomic E-state index is 0.292. The molecule has 1 aromatic rings. The van der Waals surface area contributed by atoms with Crippen molar-refractivity contribution in [1.29, 1.82) is 0 Å². The summed E-state index contributed by atoms with van der Waals surface area (Å²) in [6.07, 6.45) is 1.92. The fourth-order valence-corrected chi connectivity index (χ4v) is 1.61. The molecule has 15 heavy (non-hydrogen) atoms. The number of hydrogen-bond donors (Lipinski definition) is 2. The highest BCUT2D eigenvalue weighted by Crippen LogP contribution is 2.13. The molecule has 0 saturated carbocycles. The molecule has 0 radical (unpaired) electrons. The van der Waals surface area contributed by atoms with Crippen LogP contribution in [-0.4, -0.2) is 18.3 Å². The lowest BCUT2D eigenvalue weighted by Gasteiger charge is -2.14. The van der Waals surface area contributed by atoms with Gasteiger partial charge in [0.25, 0.3) is 0 Å². The fraction of sp³-hybridized carbons (Fsp3) is 0.538. The molecule has 84 valence electrons. The van der Waals surface area contributed by atoms with Gasteiger partial charge in [0, 0.05) is 12.6 Å². The number of rotatable bonds is 6. The summed E-state index contributed by atoms with van der Waals surface area (Å²) in [7, 11) is 0. The van der Waals surface area contributed by atoms with E-state index in [-0.39, 0.29) is 0 Å². The zero-order valence-corrected chi connectivity index (χ0v) is 9.66. The third kappa shape index (κ3) is 4.45. The van der Waals surface area contributed by atoms with Crippen LogP contribution in [0.15, 0.2) is 24.3 Å². The van der Waals surface area contributed by atoms with E-state index in [2.05, 4.69) is 43.4 Å². The minimum Gasteiger partial charge on any atom is -0.396 e. The molecule has 0 saturated heterocycles. The number of aliphatic hydroxyl groups is 1. The fourth-order valence-electron chi connectivity index (χ4n) is 1.61. The third-order valence-electron chi connectivity index (χ3n) is 2.58. The van der Waals surface area contributed by atoms with Gasteiger partial charge in [0.15, 0.2) is 0 Å². The molecule has 0 aliphatic carbocycles. The highest BCUT2D eigenvalue weighted by Gasteiger charge is 2.03. The van der Waals surface area contributed by atoms with Crippen molar-refractivity contribution >= 4 is 0 Å². The maximum absolute atomic E-state index is 8.66. The van der Waals surface area contributed by atoms with E-state index in [4.69, 9.17) is 5.11 Å². The Balaban J connectivity index is 2.36. The molecule has 0 unspecified atom stereocenters. The monoisotopic (exact) mass is 207 g/mol. The van der Waals surface area contributed by atoms with Crippen molar-refractivity contribution < 1.29 is 5.11 Å². The highest BCUT2D eigenvalue weighted by molar-refractivity contribution is 5.24. The maximum Gasteiger partial charge on any atom is 0.0431 e. The van der Waals surface area contributed by atoms with Gasteiger partial charge in [0.1, 0.15) is 0 Å². The Bertz CT molecular complexity index is 286. The second-order valence-corrected chi connectivity index (χ2v) is 4.02. The van der Waals surface area contributed by atoms with Crippen LogP contribution in [0.25, 0.3) is 0 Å². The topological polar surface area (TPSA) is 32.3 Å². The highest BCUT2D eigenvalue weighted by atomic mass is 16.2. The van der Waals surface area contributed by atoms with E-state index in [9.17, 15) is 0 Å². The van der Waals surface area contributed by atoms with E-state index < -0.39 is 0 Å². The Morgan fingerprint density at radius 1 is 1.33 bits per heavy atom. The van der Waals surface area contributed by atoms with Crippen LogP contribution in [0, 0.1) is 6.92 Å². The molecule has 0 amide bonds. The average Bonchev–Trinajstić information content (AvgIpc) is 2.24. The zero-order valence-electron chi connectivity index (χ0n) is 9.66. The first-order valence-electron chi connectivity index (χ1n) is 5.65. The normalized spacial score (nSPS) is 12.7. The first kappa shape index (κ1) is 12.2. The van der Waals surface area contributed by atoms with Crippen LogP contribution < -0.4 is 5.32 Å². The molecular formula is C13H21NO. The van der Waals surface area contributed by atoms with E-state index in [1.807, 2.05) is 0 Å². The molecule has 0 heterocycles. The van der Waals surface area contributed by atoms with Crippen molar-refractivity contribution in [3.05, 3.63) is 35.4 Å². The smallest absolute Gasteiger partial charge is 0.0431 e. The number of aryl methyl sites for hydroxylation is 1. The van der Waals surface area contributed by atoms with Gasteiger partial charge in [-0.05, 0) is 38.8 Å². The van der Waals surface area contributed by atoms with Gasteiger partial charge in [-0.3, -0.25) is 0 Å². The second-order valence-electron chi connectivity index (χ2n) is 4.02. The summed E-state index contributed by atoms with van der Waals surface area (Å²) >= 11 is 0. The summed E-state index contributed by atoms with van der Waals surface area (Å²) < 4.78 is 0. The Hall–Kier alpha value is -0.860. The summed E-state index contributed by atoms with van der Waals surface area (Å²) in [5.74, 6) is 0. The van der Waals surface area contributed by atoms with Crippen molar-refractivity contribution in [2.75, 3.05) is 13.2 Å². The Morgan fingerprint density at radius 2 is 2.13 bits per heavy atom. The SMILES string of the molecule is Cc1cccc([C@@H](C)NCCCCO)c1. The summed E-state index contributed by atoms with van der Waals surface area (Å²) in [5.41, 5.74) is 2.63. The molecular weight excluding hydrogens is 186 g/mol. The van der Waals surface area contributed by atoms with Crippen LogP contribution in [0.3, 0.4) is 0 Å². The first-order chi connectivity index (χ1) is 7.24. The predicted molar refractivity (Wildman–Crippen MR) is 63.9 cm³/mol. The van der Waals surface area contributed by atoms with E-state index >= 15 is 0 Å². The number of nitrogens with one attached hydrogen (secondary N) is 1. The Labute approximate surface area is 92.3 Å². The van der Waals surface area contributed by atoms with Gasteiger partial charge in [0.05, 0.1) is 0 Å². The van der Waals surface area contributed by atoms with Crippen molar-refractivity contribution in [3.8, 4) is 0 Å². The molecule has 0 aliphatic heterocycles. The molecule has 0 aliphatic rings. The molecule has 0 aromatic heterocycles. The van der Waals surface area contributed by atoms with Gasteiger partial charge in [-0.2, -0.15) is 0 Å². The molecule has 2 N–H and O–H groups in total. The van der Waals surface area contributed by atoms with Crippen LogP contribution in [-0.2, 0) is 0 Å². The molecule has 0 spiro atoms. The third-order valence-corrected chi connectivity index (χ3v) is 2.58.